The van der Waals surface area contributed by atoms with Crippen LogP contribution >= 0.6 is 11.6 Å². The van der Waals surface area contributed by atoms with Crippen LogP contribution in [0.5, 0.6) is 0 Å². The van der Waals surface area contributed by atoms with Crippen LogP contribution in [-0.4, -0.2) is 15.0 Å². The Morgan fingerprint density at radius 1 is 1.50 bits per heavy atom. The zero-order chi connectivity index (χ0) is 11.9. The molecule has 1 aliphatic carbocycles. The van der Waals surface area contributed by atoms with Gasteiger partial charge in [0.05, 0.1) is 11.9 Å². The van der Waals surface area contributed by atoms with E-state index in [0.717, 1.165) is 17.5 Å². The Hall–Kier alpha value is -0.780. The molecule has 0 spiro atoms. The van der Waals surface area contributed by atoms with Crippen molar-refractivity contribution in [1.29, 1.82) is 0 Å². The third-order valence-electron chi connectivity index (χ3n) is 2.85. The standard InChI is InChI=1S/C9H11ClF3N3/c1-5(6-2-3-6)16-8(9(11,12)13)7(4-10)14-15-16/h5-6H,2-4H2,1H3. The van der Waals surface area contributed by atoms with E-state index in [1.807, 2.05) is 0 Å². The Morgan fingerprint density at radius 3 is 2.56 bits per heavy atom. The van der Waals surface area contributed by atoms with Gasteiger partial charge in [0.2, 0.25) is 0 Å². The SMILES string of the molecule is CC(C1CC1)n1nnc(CCl)c1C(F)(F)F. The second-order valence-corrected chi connectivity index (χ2v) is 4.31. The zero-order valence-electron chi connectivity index (χ0n) is 8.63. The molecule has 1 aromatic heterocycles. The van der Waals surface area contributed by atoms with Gasteiger partial charge >= 0.3 is 6.18 Å². The Morgan fingerprint density at radius 2 is 2.12 bits per heavy atom. The average molecular weight is 254 g/mol. The first-order valence-corrected chi connectivity index (χ1v) is 5.55. The summed E-state index contributed by atoms with van der Waals surface area (Å²) in [6.45, 7) is 1.74. The minimum atomic E-state index is -4.45. The highest BCUT2D eigenvalue weighted by molar-refractivity contribution is 6.16. The maximum atomic E-state index is 12.8. The van der Waals surface area contributed by atoms with Crippen LogP contribution in [0.15, 0.2) is 0 Å². The number of rotatable bonds is 3. The molecule has 0 bridgehead atoms. The predicted molar refractivity (Wildman–Crippen MR) is 52.0 cm³/mol. The molecule has 16 heavy (non-hydrogen) atoms. The van der Waals surface area contributed by atoms with E-state index in [9.17, 15) is 13.2 Å². The monoisotopic (exact) mass is 253 g/mol. The molecule has 0 amide bonds. The lowest BCUT2D eigenvalue weighted by atomic mass is 10.2. The number of alkyl halides is 4. The van der Waals surface area contributed by atoms with Crippen molar-refractivity contribution in [1.82, 2.24) is 15.0 Å². The van der Waals surface area contributed by atoms with Gasteiger partial charge < -0.3 is 0 Å². The molecule has 1 aromatic rings. The minimum absolute atomic E-state index is 0.193. The predicted octanol–water partition coefficient (Wildman–Crippen LogP) is 3.01. The summed E-state index contributed by atoms with van der Waals surface area (Å²) in [6, 6.07) is -0.263. The molecule has 7 heteroatoms. The quantitative estimate of drug-likeness (QED) is 0.776. The lowest BCUT2D eigenvalue weighted by Gasteiger charge is -2.15. The molecule has 0 saturated heterocycles. The number of halogens is 4. The van der Waals surface area contributed by atoms with Crippen LogP contribution in [0.1, 0.15) is 37.2 Å². The zero-order valence-corrected chi connectivity index (χ0v) is 9.39. The number of aromatic nitrogens is 3. The van der Waals surface area contributed by atoms with E-state index in [-0.39, 0.29) is 23.5 Å². The molecule has 1 unspecified atom stereocenters. The second kappa shape index (κ2) is 3.91. The van der Waals surface area contributed by atoms with Crippen LogP contribution in [0.25, 0.3) is 0 Å². The van der Waals surface area contributed by atoms with Gasteiger partial charge in [0, 0.05) is 0 Å². The third kappa shape index (κ3) is 2.03. The Balaban J connectivity index is 2.40. The fourth-order valence-electron chi connectivity index (χ4n) is 1.77. The van der Waals surface area contributed by atoms with Gasteiger partial charge in [0.25, 0.3) is 0 Å². The summed E-state index contributed by atoms with van der Waals surface area (Å²) in [5.74, 6) is 0.0117. The van der Waals surface area contributed by atoms with Crippen LogP contribution in [0, 0.1) is 5.92 Å². The minimum Gasteiger partial charge on any atom is -0.237 e. The van der Waals surface area contributed by atoms with Gasteiger partial charge in [-0.05, 0) is 25.7 Å². The molecule has 90 valence electrons. The molecule has 1 saturated carbocycles. The van der Waals surface area contributed by atoms with Crippen LogP contribution in [-0.2, 0) is 12.1 Å². The molecule has 0 aromatic carbocycles. The van der Waals surface area contributed by atoms with Gasteiger partial charge in [-0.15, -0.1) is 16.7 Å². The van der Waals surface area contributed by atoms with Crippen molar-refractivity contribution in [2.24, 2.45) is 5.92 Å². The van der Waals surface area contributed by atoms with Crippen molar-refractivity contribution >= 4 is 11.6 Å². The summed E-state index contributed by atoms with van der Waals surface area (Å²) in [6.07, 6.45) is -2.54. The van der Waals surface area contributed by atoms with Gasteiger partial charge in [-0.2, -0.15) is 13.2 Å². The molecular weight excluding hydrogens is 243 g/mol. The Kier molecular flexibility index (Phi) is 2.86. The van der Waals surface area contributed by atoms with Crippen molar-refractivity contribution in [3.8, 4) is 0 Å². The van der Waals surface area contributed by atoms with Gasteiger partial charge in [-0.25, -0.2) is 4.68 Å². The molecule has 2 rings (SSSR count). The first-order chi connectivity index (χ1) is 7.45. The van der Waals surface area contributed by atoms with Crippen molar-refractivity contribution < 1.29 is 13.2 Å². The van der Waals surface area contributed by atoms with E-state index < -0.39 is 11.9 Å². The van der Waals surface area contributed by atoms with Gasteiger partial charge in [-0.1, -0.05) is 5.21 Å². The van der Waals surface area contributed by atoms with E-state index in [1.54, 1.807) is 6.92 Å². The lowest BCUT2D eigenvalue weighted by Crippen LogP contribution is -2.20. The molecule has 0 aliphatic heterocycles. The van der Waals surface area contributed by atoms with Crippen molar-refractivity contribution in [2.75, 3.05) is 0 Å². The van der Waals surface area contributed by atoms with Crippen LogP contribution in [0.3, 0.4) is 0 Å². The van der Waals surface area contributed by atoms with Crippen LogP contribution in [0.4, 0.5) is 13.2 Å². The molecule has 0 N–H and O–H groups in total. The molecule has 1 fully saturated rings. The van der Waals surface area contributed by atoms with E-state index in [2.05, 4.69) is 10.3 Å². The maximum absolute atomic E-state index is 12.8. The van der Waals surface area contributed by atoms with Gasteiger partial charge in [0.15, 0.2) is 5.69 Å². The summed E-state index contributed by atoms with van der Waals surface area (Å²) >= 11 is 5.44. The van der Waals surface area contributed by atoms with Crippen LogP contribution < -0.4 is 0 Å². The highest BCUT2D eigenvalue weighted by atomic mass is 35.5. The summed E-state index contributed by atoms with van der Waals surface area (Å²) in [7, 11) is 0. The topological polar surface area (TPSA) is 30.7 Å². The average Bonchev–Trinajstić information content (AvgIpc) is 2.93. The molecule has 1 atom stereocenters. The molecule has 3 nitrogen and oxygen atoms in total. The number of hydrogen-bond donors (Lipinski definition) is 0. The van der Waals surface area contributed by atoms with Crippen molar-refractivity contribution in [3.05, 3.63) is 11.4 Å². The summed E-state index contributed by atoms with van der Waals surface area (Å²) in [4.78, 5) is 0. The largest absolute Gasteiger partial charge is 0.434 e. The summed E-state index contributed by atoms with van der Waals surface area (Å²) in [5, 5.41) is 7.07. The number of hydrogen-bond acceptors (Lipinski definition) is 2. The maximum Gasteiger partial charge on any atom is 0.434 e. The van der Waals surface area contributed by atoms with Gasteiger partial charge in [0.1, 0.15) is 5.69 Å². The normalized spacial score (nSPS) is 18.8. The Labute approximate surface area is 95.6 Å². The van der Waals surface area contributed by atoms with Gasteiger partial charge in [-0.3, -0.25) is 0 Å². The second-order valence-electron chi connectivity index (χ2n) is 4.04. The molecule has 0 radical (unpaired) electrons. The summed E-state index contributed by atoms with van der Waals surface area (Å²) in [5.41, 5.74) is -0.997. The van der Waals surface area contributed by atoms with Crippen LogP contribution in [0.2, 0.25) is 0 Å². The number of nitrogens with zero attached hydrogens (tertiary/aromatic N) is 3. The van der Waals surface area contributed by atoms with Crippen molar-refractivity contribution in [2.45, 2.75) is 37.9 Å². The molecule has 1 aliphatic rings. The van der Waals surface area contributed by atoms with E-state index >= 15 is 0 Å². The lowest BCUT2D eigenvalue weighted by molar-refractivity contribution is -0.145. The first kappa shape index (κ1) is 11.7. The fraction of sp³-hybridized carbons (Fsp3) is 0.778. The van der Waals surface area contributed by atoms with Crippen molar-refractivity contribution in [3.63, 3.8) is 0 Å². The van der Waals surface area contributed by atoms with E-state index in [4.69, 9.17) is 11.6 Å². The smallest absolute Gasteiger partial charge is 0.237 e. The fourth-order valence-corrected chi connectivity index (χ4v) is 1.95. The highest BCUT2D eigenvalue weighted by Crippen LogP contribution is 2.42. The third-order valence-corrected chi connectivity index (χ3v) is 3.10. The molecule has 1 heterocycles. The van der Waals surface area contributed by atoms with E-state index in [0.29, 0.717) is 0 Å². The molecular formula is C9H11ClF3N3. The Bertz CT molecular complexity index is 384. The summed E-state index contributed by atoms with van der Waals surface area (Å²) < 4.78 is 39.4. The highest BCUT2D eigenvalue weighted by Gasteiger charge is 2.42. The first-order valence-electron chi connectivity index (χ1n) is 5.02. The van der Waals surface area contributed by atoms with E-state index in [1.165, 1.54) is 0 Å².